The molecule has 1 heterocycles. The number of hydrogen-bond acceptors (Lipinski definition) is 9. The van der Waals surface area contributed by atoms with Gasteiger partial charge in [0, 0.05) is 4.88 Å². The van der Waals surface area contributed by atoms with Crippen molar-refractivity contribution in [3.8, 4) is 0 Å². The number of benzene rings is 2. The normalized spacial score (nSPS) is 10.8. The largest absolute Gasteiger partial charge is 0.461 e. The molecule has 0 bridgehead atoms. The zero-order valence-corrected chi connectivity index (χ0v) is 23.6. The molecule has 0 aliphatic heterocycles. The Morgan fingerprint density at radius 3 is 2.08 bits per heavy atom. The summed E-state index contributed by atoms with van der Waals surface area (Å²) in [6.45, 7) is 5.94. The van der Waals surface area contributed by atoms with E-state index in [1.807, 2.05) is 44.2 Å². The molecule has 0 aliphatic carbocycles. The molecule has 2 aromatic carbocycles. The van der Waals surface area contributed by atoms with E-state index >= 15 is 0 Å². The Balaban J connectivity index is 1.20. The highest BCUT2D eigenvalue weighted by Gasteiger charge is 2.15. The van der Waals surface area contributed by atoms with Crippen LogP contribution in [0.4, 0.5) is 10.8 Å². The van der Waals surface area contributed by atoms with Crippen LogP contribution >= 0.6 is 11.3 Å². The second kappa shape index (κ2) is 17.1. The van der Waals surface area contributed by atoms with Gasteiger partial charge >= 0.3 is 5.97 Å². The second-order valence-electron chi connectivity index (χ2n) is 8.69. The van der Waals surface area contributed by atoms with Crippen LogP contribution in [0.2, 0.25) is 0 Å². The number of nitrogens with zero attached hydrogens (tertiary/aromatic N) is 1. The summed E-state index contributed by atoms with van der Waals surface area (Å²) in [5, 5.41) is 6.07. The fourth-order valence-corrected chi connectivity index (χ4v) is 4.18. The van der Waals surface area contributed by atoms with Gasteiger partial charge in [0.05, 0.1) is 69.4 Å². The van der Waals surface area contributed by atoms with Gasteiger partial charge in [0.15, 0.2) is 5.13 Å². The molecule has 0 saturated heterocycles. The van der Waals surface area contributed by atoms with Crippen molar-refractivity contribution in [1.29, 1.82) is 0 Å². The number of ether oxygens (including phenoxy) is 4. The standard InChI is InChI=1S/C29H35N3O7S/c1-21-22(2)40-29(30-21)32-28(35)24-10-6-7-11-25(24)31-26(33)12-14-36-16-18-38-19-17-37-15-13-27(34)39-20-23-8-4-3-5-9-23/h3-11H,12-20H2,1-2H3,(H,31,33)(H,30,32,35). The van der Waals surface area contributed by atoms with Crippen LogP contribution in [0.1, 0.15) is 39.3 Å². The molecular weight excluding hydrogens is 534 g/mol. The van der Waals surface area contributed by atoms with Gasteiger partial charge in [-0.05, 0) is 31.5 Å². The predicted octanol–water partition coefficient (Wildman–Crippen LogP) is 4.52. The molecule has 11 heteroatoms. The summed E-state index contributed by atoms with van der Waals surface area (Å²) in [7, 11) is 0. The van der Waals surface area contributed by atoms with Gasteiger partial charge in [0.2, 0.25) is 5.91 Å². The molecule has 2 amide bonds. The molecule has 0 unspecified atom stereocenters. The van der Waals surface area contributed by atoms with Crippen LogP contribution in [0.3, 0.4) is 0 Å². The van der Waals surface area contributed by atoms with Gasteiger partial charge in [-0.3, -0.25) is 19.7 Å². The monoisotopic (exact) mass is 569 g/mol. The predicted molar refractivity (Wildman–Crippen MR) is 153 cm³/mol. The number of para-hydroxylation sites is 1. The Morgan fingerprint density at radius 1 is 0.775 bits per heavy atom. The number of anilines is 2. The summed E-state index contributed by atoms with van der Waals surface area (Å²) in [5.74, 6) is -0.919. The van der Waals surface area contributed by atoms with Gasteiger partial charge in [-0.25, -0.2) is 4.98 Å². The van der Waals surface area contributed by atoms with Crippen LogP contribution in [-0.4, -0.2) is 62.4 Å². The third-order valence-corrected chi connectivity index (χ3v) is 6.59. The van der Waals surface area contributed by atoms with E-state index in [2.05, 4.69) is 15.6 Å². The minimum atomic E-state index is -0.343. The molecule has 40 heavy (non-hydrogen) atoms. The molecule has 0 radical (unpaired) electrons. The number of rotatable bonds is 17. The molecule has 0 spiro atoms. The van der Waals surface area contributed by atoms with Crippen molar-refractivity contribution in [3.05, 3.63) is 76.3 Å². The zero-order valence-electron chi connectivity index (χ0n) is 22.8. The van der Waals surface area contributed by atoms with E-state index in [0.29, 0.717) is 42.8 Å². The van der Waals surface area contributed by atoms with E-state index in [9.17, 15) is 14.4 Å². The van der Waals surface area contributed by atoms with E-state index in [4.69, 9.17) is 18.9 Å². The van der Waals surface area contributed by atoms with E-state index in [-0.39, 0.29) is 50.4 Å². The molecule has 10 nitrogen and oxygen atoms in total. The van der Waals surface area contributed by atoms with Gasteiger partial charge in [-0.1, -0.05) is 42.5 Å². The third kappa shape index (κ3) is 11.2. The lowest BCUT2D eigenvalue weighted by Gasteiger charge is -2.11. The minimum absolute atomic E-state index is 0.129. The summed E-state index contributed by atoms with van der Waals surface area (Å²) < 4.78 is 21.5. The Kier molecular flexibility index (Phi) is 13.2. The van der Waals surface area contributed by atoms with Crippen molar-refractivity contribution in [2.45, 2.75) is 33.3 Å². The zero-order chi connectivity index (χ0) is 28.6. The second-order valence-corrected chi connectivity index (χ2v) is 9.90. The fourth-order valence-electron chi connectivity index (χ4n) is 3.37. The molecular formula is C29H35N3O7S. The summed E-state index contributed by atoms with van der Waals surface area (Å²) in [5.41, 5.74) is 2.58. The van der Waals surface area contributed by atoms with Gasteiger partial charge in [-0.15, -0.1) is 11.3 Å². The Morgan fingerprint density at radius 2 is 1.40 bits per heavy atom. The number of carbonyl (C=O) groups is 3. The lowest BCUT2D eigenvalue weighted by molar-refractivity contribution is -0.146. The molecule has 3 rings (SSSR count). The van der Waals surface area contributed by atoms with E-state index in [1.54, 1.807) is 24.3 Å². The number of thiazole rings is 1. The average molecular weight is 570 g/mol. The SMILES string of the molecule is Cc1nc(NC(=O)c2ccccc2NC(=O)CCOCCOCCOCCC(=O)OCc2ccccc2)sc1C. The number of aryl methyl sites for hydroxylation is 2. The first kappa shape index (κ1) is 30.9. The summed E-state index contributed by atoms with van der Waals surface area (Å²) in [6, 6.07) is 16.3. The van der Waals surface area contributed by atoms with E-state index in [0.717, 1.165) is 16.1 Å². The number of aromatic nitrogens is 1. The lowest BCUT2D eigenvalue weighted by atomic mass is 10.1. The molecule has 0 fully saturated rings. The maximum absolute atomic E-state index is 12.7. The maximum Gasteiger partial charge on any atom is 0.308 e. The average Bonchev–Trinajstić information content (AvgIpc) is 3.27. The van der Waals surface area contributed by atoms with Gasteiger partial charge in [0.1, 0.15) is 6.61 Å². The van der Waals surface area contributed by atoms with E-state index in [1.165, 1.54) is 11.3 Å². The van der Waals surface area contributed by atoms with Crippen molar-refractivity contribution in [2.24, 2.45) is 0 Å². The van der Waals surface area contributed by atoms with Crippen molar-refractivity contribution in [3.63, 3.8) is 0 Å². The summed E-state index contributed by atoms with van der Waals surface area (Å²) in [4.78, 5) is 42.2. The Labute approximate surface area is 238 Å². The molecule has 1 aromatic heterocycles. The molecule has 0 saturated carbocycles. The van der Waals surface area contributed by atoms with Crippen LogP contribution in [-0.2, 0) is 35.1 Å². The molecule has 0 aliphatic rings. The van der Waals surface area contributed by atoms with Crippen LogP contribution in [0, 0.1) is 13.8 Å². The van der Waals surface area contributed by atoms with Crippen LogP contribution < -0.4 is 10.6 Å². The number of nitrogens with one attached hydrogen (secondary N) is 2. The van der Waals surface area contributed by atoms with Gasteiger partial charge in [-0.2, -0.15) is 0 Å². The highest BCUT2D eigenvalue weighted by molar-refractivity contribution is 7.15. The van der Waals surface area contributed by atoms with Crippen molar-refractivity contribution < 1.29 is 33.3 Å². The smallest absolute Gasteiger partial charge is 0.308 e. The first-order valence-electron chi connectivity index (χ1n) is 13.0. The Hall–Kier alpha value is -3.64. The number of esters is 1. The first-order chi connectivity index (χ1) is 19.4. The van der Waals surface area contributed by atoms with Crippen molar-refractivity contribution in [1.82, 2.24) is 4.98 Å². The van der Waals surface area contributed by atoms with Gasteiger partial charge in [0.25, 0.3) is 5.91 Å². The quantitative estimate of drug-likeness (QED) is 0.180. The fraction of sp³-hybridized carbons (Fsp3) is 0.379. The lowest BCUT2D eigenvalue weighted by Crippen LogP contribution is -2.19. The van der Waals surface area contributed by atoms with Crippen LogP contribution in [0.15, 0.2) is 54.6 Å². The number of amides is 2. The maximum atomic E-state index is 12.7. The topological polar surface area (TPSA) is 125 Å². The minimum Gasteiger partial charge on any atom is -0.461 e. The summed E-state index contributed by atoms with van der Waals surface area (Å²) >= 11 is 1.40. The van der Waals surface area contributed by atoms with E-state index < -0.39 is 0 Å². The molecule has 2 N–H and O–H groups in total. The van der Waals surface area contributed by atoms with Crippen LogP contribution in [0.25, 0.3) is 0 Å². The van der Waals surface area contributed by atoms with Crippen molar-refractivity contribution >= 4 is 39.9 Å². The third-order valence-electron chi connectivity index (χ3n) is 5.61. The highest BCUT2D eigenvalue weighted by Crippen LogP contribution is 2.23. The molecule has 0 atom stereocenters. The van der Waals surface area contributed by atoms with Crippen molar-refractivity contribution in [2.75, 3.05) is 50.3 Å². The molecule has 3 aromatic rings. The highest BCUT2D eigenvalue weighted by atomic mass is 32.1. The Bertz CT molecular complexity index is 1210. The number of carbonyl (C=O) groups excluding carboxylic acids is 3. The molecule has 214 valence electrons. The van der Waals surface area contributed by atoms with Gasteiger partial charge < -0.3 is 24.3 Å². The first-order valence-corrected chi connectivity index (χ1v) is 13.8. The summed E-state index contributed by atoms with van der Waals surface area (Å²) in [6.07, 6.45) is 0.308. The van der Waals surface area contributed by atoms with Crippen LogP contribution in [0.5, 0.6) is 0 Å². The number of hydrogen-bond donors (Lipinski definition) is 2.